The quantitative estimate of drug-likeness (QED) is 0.535. The molecule has 0 saturated carbocycles. The molecule has 0 atom stereocenters. The summed E-state index contributed by atoms with van der Waals surface area (Å²) in [6.45, 7) is 3.62. The number of rotatable bonds is 6. The standard InChI is InChI=1S/C21H21ClN2O5S2/c1-2-24-16-12-17-18(29-10-9-28-17)13-19(16)30-21(24)23-20(25)4-3-11-31(26,27)15-7-5-14(22)6-8-15/h5-8,12-13H,2-4,9-11H2,1H3. The fourth-order valence-electron chi connectivity index (χ4n) is 3.33. The van der Waals surface area contributed by atoms with Crippen LogP contribution in [0.5, 0.6) is 11.5 Å². The Morgan fingerprint density at radius 3 is 2.52 bits per heavy atom. The Balaban J connectivity index is 1.50. The second-order valence-corrected chi connectivity index (χ2v) is 10.5. The molecule has 31 heavy (non-hydrogen) atoms. The van der Waals surface area contributed by atoms with Crippen LogP contribution in [0, 0.1) is 0 Å². The van der Waals surface area contributed by atoms with Crippen LogP contribution >= 0.6 is 22.9 Å². The molecule has 7 nitrogen and oxygen atoms in total. The summed E-state index contributed by atoms with van der Waals surface area (Å²) in [5.74, 6) is 0.896. The smallest absolute Gasteiger partial charge is 0.248 e. The molecule has 0 saturated heterocycles. The number of sulfone groups is 1. The van der Waals surface area contributed by atoms with Crippen molar-refractivity contribution >= 4 is 48.9 Å². The van der Waals surface area contributed by atoms with Crippen molar-refractivity contribution < 1.29 is 22.7 Å². The normalized spacial score (nSPS) is 14.2. The molecule has 0 unspecified atom stereocenters. The van der Waals surface area contributed by atoms with Crippen molar-refractivity contribution in [3.63, 3.8) is 0 Å². The number of nitrogens with zero attached hydrogens (tertiary/aromatic N) is 2. The van der Waals surface area contributed by atoms with E-state index in [0.29, 0.717) is 41.1 Å². The van der Waals surface area contributed by atoms with E-state index in [1.165, 1.54) is 35.6 Å². The van der Waals surface area contributed by atoms with Gasteiger partial charge in [-0.05, 0) is 37.6 Å². The van der Waals surface area contributed by atoms with Crippen LogP contribution in [0.15, 0.2) is 46.3 Å². The number of aryl methyl sites for hydroxylation is 1. The van der Waals surface area contributed by atoms with Crippen LogP contribution in [-0.2, 0) is 21.2 Å². The Kier molecular flexibility index (Phi) is 6.36. The third-order valence-corrected chi connectivity index (χ3v) is 7.97. The topological polar surface area (TPSA) is 87.0 Å². The van der Waals surface area contributed by atoms with Crippen LogP contribution in [0.25, 0.3) is 10.2 Å². The maximum Gasteiger partial charge on any atom is 0.248 e. The van der Waals surface area contributed by atoms with Gasteiger partial charge in [-0.25, -0.2) is 8.42 Å². The fourth-order valence-corrected chi connectivity index (χ4v) is 5.89. The third-order valence-electron chi connectivity index (χ3n) is 4.86. The van der Waals surface area contributed by atoms with Gasteiger partial charge in [0, 0.05) is 30.1 Å². The number of halogens is 1. The summed E-state index contributed by atoms with van der Waals surface area (Å²) in [5, 5.41) is 0.472. The minimum atomic E-state index is -3.47. The van der Waals surface area contributed by atoms with Gasteiger partial charge < -0.3 is 14.0 Å². The van der Waals surface area contributed by atoms with E-state index in [-0.39, 0.29) is 29.4 Å². The molecule has 2 aromatic carbocycles. The molecule has 4 rings (SSSR count). The van der Waals surface area contributed by atoms with Crippen LogP contribution in [0.2, 0.25) is 5.02 Å². The lowest BCUT2D eigenvalue weighted by molar-refractivity contribution is -0.118. The molecule has 2 heterocycles. The minimum Gasteiger partial charge on any atom is -0.486 e. The highest BCUT2D eigenvalue weighted by molar-refractivity contribution is 7.91. The Morgan fingerprint density at radius 2 is 1.84 bits per heavy atom. The summed E-state index contributed by atoms with van der Waals surface area (Å²) in [4.78, 5) is 17.5. The number of aromatic nitrogens is 1. The molecule has 1 amide bonds. The molecule has 0 aliphatic carbocycles. The van der Waals surface area contributed by atoms with Gasteiger partial charge >= 0.3 is 0 Å². The number of carbonyl (C=O) groups excluding carboxylic acids is 1. The van der Waals surface area contributed by atoms with Gasteiger partial charge in [-0.3, -0.25) is 4.79 Å². The summed E-state index contributed by atoms with van der Waals surface area (Å²) in [6, 6.07) is 9.83. The van der Waals surface area contributed by atoms with Crippen molar-refractivity contribution in [2.24, 2.45) is 4.99 Å². The van der Waals surface area contributed by atoms with E-state index < -0.39 is 9.84 Å². The summed E-state index contributed by atoms with van der Waals surface area (Å²) in [5.41, 5.74) is 0.925. The minimum absolute atomic E-state index is 0.0491. The fraction of sp³-hybridized carbons (Fsp3) is 0.333. The molecule has 0 radical (unpaired) electrons. The third kappa shape index (κ3) is 4.78. The Bertz CT molecular complexity index is 1290. The maximum atomic E-state index is 12.4. The molecule has 0 fully saturated rings. The highest BCUT2D eigenvalue weighted by Gasteiger charge is 2.17. The Hall–Kier alpha value is -2.36. The second-order valence-electron chi connectivity index (χ2n) is 6.97. The van der Waals surface area contributed by atoms with Gasteiger partial charge in [0.15, 0.2) is 26.1 Å². The summed E-state index contributed by atoms with van der Waals surface area (Å²) < 4.78 is 39.0. The van der Waals surface area contributed by atoms with Gasteiger partial charge in [-0.2, -0.15) is 4.99 Å². The number of ether oxygens (including phenoxy) is 2. The second kappa shape index (κ2) is 9.02. The SMILES string of the molecule is CCn1c(=NC(=O)CCCS(=O)(=O)c2ccc(Cl)cc2)sc2cc3c(cc21)OCCO3. The first-order chi connectivity index (χ1) is 14.9. The predicted octanol–water partition coefficient (Wildman–Crippen LogP) is 3.83. The highest BCUT2D eigenvalue weighted by Crippen LogP contribution is 2.35. The van der Waals surface area contributed by atoms with Gasteiger partial charge in [0.25, 0.3) is 0 Å². The van der Waals surface area contributed by atoms with E-state index in [9.17, 15) is 13.2 Å². The average molecular weight is 481 g/mol. The average Bonchev–Trinajstić information content (AvgIpc) is 3.07. The number of benzene rings is 2. The van der Waals surface area contributed by atoms with E-state index >= 15 is 0 Å². The largest absolute Gasteiger partial charge is 0.486 e. The van der Waals surface area contributed by atoms with Crippen LogP contribution in [-0.4, -0.2) is 37.9 Å². The summed E-state index contributed by atoms with van der Waals surface area (Å²) in [6.07, 6.45) is 0.244. The van der Waals surface area contributed by atoms with Gasteiger partial charge in [-0.15, -0.1) is 0 Å². The van der Waals surface area contributed by atoms with Crippen molar-refractivity contribution in [2.45, 2.75) is 31.2 Å². The first kappa shape index (κ1) is 21.9. The molecule has 3 aromatic rings. The zero-order chi connectivity index (χ0) is 22.0. The molecular weight excluding hydrogens is 460 g/mol. The number of hydrogen-bond donors (Lipinski definition) is 0. The molecule has 1 aromatic heterocycles. The number of hydrogen-bond acceptors (Lipinski definition) is 6. The molecule has 0 N–H and O–H groups in total. The van der Waals surface area contributed by atoms with Gasteiger partial charge in [0.2, 0.25) is 5.91 Å². The predicted molar refractivity (Wildman–Crippen MR) is 120 cm³/mol. The maximum absolute atomic E-state index is 12.4. The van der Waals surface area contributed by atoms with Crippen molar-refractivity contribution in [3.05, 3.63) is 46.2 Å². The van der Waals surface area contributed by atoms with E-state index in [1.54, 1.807) is 0 Å². The molecule has 0 spiro atoms. The highest BCUT2D eigenvalue weighted by atomic mass is 35.5. The lowest BCUT2D eigenvalue weighted by Crippen LogP contribution is -2.17. The van der Waals surface area contributed by atoms with Crippen LogP contribution in [0.4, 0.5) is 0 Å². The Labute approximate surface area is 188 Å². The lowest BCUT2D eigenvalue weighted by Gasteiger charge is -2.18. The van der Waals surface area contributed by atoms with Gasteiger partial charge in [0.1, 0.15) is 13.2 Å². The summed E-state index contributed by atoms with van der Waals surface area (Å²) in [7, 11) is -3.47. The van der Waals surface area contributed by atoms with Gasteiger partial charge in [-0.1, -0.05) is 22.9 Å². The monoisotopic (exact) mass is 480 g/mol. The number of thiazole rings is 1. The van der Waals surface area contributed by atoms with E-state index in [1.807, 2.05) is 23.6 Å². The molecule has 1 aliphatic rings. The van der Waals surface area contributed by atoms with E-state index in [4.69, 9.17) is 21.1 Å². The zero-order valence-corrected chi connectivity index (χ0v) is 19.2. The van der Waals surface area contributed by atoms with Crippen LogP contribution < -0.4 is 14.3 Å². The molecular formula is C21H21ClN2O5S2. The number of fused-ring (bicyclic) bond motifs is 2. The van der Waals surface area contributed by atoms with Crippen LogP contribution in [0.3, 0.4) is 0 Å². The van der Waals surface area contributed by atoms with Crippen LogP contribution in [0.1, 0.15) is 19.8 Å². The molecule has 0 bridgehead atoms. The molecule has 10 heteroatoms. The summed E-state index contributed by atoms with van der Waals surface area (Å²) >= 11 is 7.20. The number of amides is 1. The first-order valence-electron chi connectivity index (χ1n) is 9.86. The first-order valence-corrected chi connectivity index (χ1v) is 12.7. The number of carbonyl (C=O) groups is 1. The molecule has 1 aliphatic heterocycles. The zero-order valence-electron chi connectivity index (χ0n) is 16.8. The van der Waals surface area contributed by atoms with E-state index in [2.05, 4.69) is 4.99 Å². The van der Waals surface area contributed by atoms with Gasteiger partial charge in [0.05, 0.1) is 20.9 Å². The molecule has 164 valence electrons. The van der Waals surface area contributed by atoms with Crippen molar-refractivity contribution in [2.75, 3.05) is 19.0 Å². The van der Waals surface area contributed by atoms with Crippen molar-refractivity contribution in [1.82, 2.24) is 4.57 Å². The Morgan fingerprint density at radius 1 is 1.16 bits per heavy atom. The lowest BCUT2D eigenvalue weighted by atomic mass is 10.2. The van der Waals surface area contributed by atoms with Crippen molar-refractivity contribution in [1.29, 1.82) is 0 Å². The van der Waals surface area contributed by atoms with Crippen molar-refractivity contribution in [3.8, 4) is 11.5 Å². The van der Waals surface area contributed by atoms with E-state index in [0.717, 1.165) is 10.2 Å².